The first-order chi connectivity index (χ1) is 19.5. The molecular weight excluding hydrogens is 513 g/mol. The van der Waals surface area contributed by atoms with Crippen molar-refractivity contribution in [2.75, 3.05) is 19.7 Å². The Morgan fingerprint density at radius 3 is 2.85 bits per heavy atom. The van der Waals surface area contributed by atoms with Gasteiger partial charge in [-0.25, -0.2) is 9.37 Å². The molecule has 1 N–H and O–H groups in total. The molecule has 0 saturated heterocycles. The number of hydrogen-bond acceptors (Lipinski definition) is 6. The van der Waals surface area contributed by atoms with Gasteiger partial charge in [-0.1, -0.05) is 24.3 Å². The minimum absolute atomic E-state index is 0.0502. The normalized spacial score (nSPS) is 17.1. The minimum Gasteiger partial charge on any atom is -0.494 e. The summed E-state index contributed by atoms with van der Waals surface area (Å²) in [4.78, 5) is 32.0. The van der Waals surface area contributed by atoms with Crippen molar-refractivity contribution in [1.29, 1.82) is 0 Å². The number of aryl methyl sites for hydroxylation is 1. The molecule has 3 aromatic carbocycles. The number of amides is 2. The summed E-state index contributed by atoms with van der Waals surface area (Å²) in [5.41, 5.74) is 3.98. The molecule has 204 valence electrons. The Bertz CT molecular complexity index is 1580. The Morgan fingerprint density at radius 1 is 1.10 bits per heavy atom. The number of nitrogens with one attached hydrogen (secondary N) is 1. The number of carbonyl (C=O) groups is 2. The summed E-state index contributed by atoms with van der Waals surface area (Å²) in [7, 11) is 0. The van der Waals surface area contributed by atoms with E-state index in [0.717, 1.165) is 16.7 Å². The van der Waals surface area contributed by atoms with Crippen LogP contribution in [0.15, 0.2) is 71.5 Å². The highest BCUT2D eigenvalue weighted by molar-refractivity contribution is 5.93. The number of aromatic nitrogens is 1. The molecule has 7 rings (SSSR count). The van der Waals surface area contributed by atoms with E-state index in [1.54, 1.807) is 30.0 Å². The van der Waals surface area contributed by atoms with E-state index in [4.69, 9.17) is 13.9 Å². The van der Waals surface area contributed by atoms with Crippen LogP contribution in [0.25, 0.3) is 0 Å². The van der Waals surface area contributed by atoms with Crippen LogP contribution in [0.3, 0.4) is 0 Å². The van der Waals surface area contributed by atoms with Crippen molar-refractivity contribution in [3.63, 3.8) is 0 Å². The second kappa shape index (κ2) is 10.8. The van der Waals surface area contributed by atoms with Crippen LogP contribution < -0.4 is 14.8 Å². The fourth-order valence-electron chi connectivity index (χ4n) is 5.26. The van der Waals surface area contributed by atoms with E-state index in [2.05, 4.69) is 10.3 Å². The Kier molecular flexibility index (Phi) is 6.94. The summed E-state index contributed by atoms with van der Waals surface area (Å²) < 4.78 is 32.1. The highest BCUT2D eigenvalue weighted by atomic mass is 19.1. The Hall–Kier alpha value is -4.66. The van der Waals surface area contributed by atoms with Crippen LogP contribution in [0.5, 0.6) is 17.2 Å². The highest BCUT2D eigenvalue weighted by Crippen LogP contribution is 2.39. The molecule has 3 aliphatic heterocycles. The van der Waals surface area contributed by atoms with E-state index in [1.807, 2.05) is 36.4 Å². The predicted molar refractivity (Wildman–Crippen MR) is 144 cm³/mol. The molecule has 2 amide bonds. The van der Waals surface area contributed by atoms with Gasteiger partial charge in [0.05, 0.1) is 24.8 Å². The molecule has 0 fully saturated rings. The molecular formula is C31H28FN3O5. The fourth-order valence-corrected chi connectivity index (χ4v) is 5.26. The van der Waals surface area contributed by atoms with Gasteiger partial charge in [-0.15, -0.1) is 0 Å². The molecule has 0 aliphatic carbocycles. The molecule has 1 unspecified atom stereocenters. The predicted octanol–water partition coefficient (Wildman–Crippen LogP) is 5.14. The maximum absolute atomic E-state index is 14.7. The number of carbonyl (C=O) groups excluding carboxylic acids is 2. The third-order valence-electron chi connectivity index (χ3n) is 7.22. The van der Waals surface area contributed by atoms with Crippen LogP contribution in [-0.4, -0.2) is 41.4 Å². The van der Waals surface area contributed by atoms with E-state index < -0.39 is 11.9 Å². The molecule has 0 radical (unpaired) electrons. The van der Waals surface area contributed by atoms with Crippen LogP contribution in [0, 0.1) is 12.7 Å². The Labute approximate surface area is 230 Å². The molecule has 4 heterocycles. The fraction of sp³-hybridized carbons (Fsp3) is 0.258. The lowest BCUT2D eigenvalue weighted by molar-refractivity contribution is -0.120. The van der Waals surface area contributed by atoms with E-state index in [0.29, 0.717) is 55.3 Å². The van der Waals surface area contributed by atoms with Gasteiger partial charge in [0, 0.05) is 13.1 Å². The van der Waals surface area contributed by atoms with Crippen molar-refractivity contribution in [1.82, 2.24) is 15.2 Å². The lowest BCUT2D eigenvalue weighted by atomic mass is 9.87. The van der Waals surface area contributed by atoms with Crippen molar-refractivity contribution < 1.29 is 27.9 Å². The van der Waals surface area contributed by atoms with Gasteiger partial charge in [0.25, 0.3) is 5.91 Å². The van der Waals surface area contributed by atoms with Gasteiger partial charge in [-0.2, -0.15) is 0 Å². The number of oxazole rings is 1. The maximum atomic E-state index is 14.7. The smallest absolute Gasteiger partial charge is 0.292 e. The monoisotopic (exact) mass is 541 g/mol. The van der Waals surface area contributed by atoms with Crippen molar-refractivity contribution in [3.8, 4) is 17.2 Å². The molecule has 9 heteroatoms. The van der Waals surface area contributed by atoms with Gasteiger partial charge >= 0.3 is 0 Å². The molecule has 0 saturated carbocycles. The number of halogens is 1. The third kappa shape index (κ3) is 5.14. The van der Waals surface area contributed by atoms with Gasteiger partial charge in [-0.05, 0) is 78.4 Å². The average Bonchev–Trinajstić information content (AvgIpc) is 3.39. The van der Waals surface area contributed by atoms with Gasteiger partial charge < -0.3 is 24.1 Å². The van der Waals surface area contributed by atoms with Crippen molar-refractivity contribution in [2.24, 2.45) is 0 Å². The molecule has 40 heavy (non-hydrogen) atoms. The van der Waals surface area contributed by atoms with Gasteiger partial charge in [0.2, 0.25) is 11.7 Å². The number of fused-ring (bicyclic) bond motifs is 7. The van der Waals surface area contributed by atoms with Crippen LogP contribution in [0.1, 0.15) is 51.0 Å². The van der Waals surface area contributed by atoms with E-state index in [9.17, 15) is 14.0 Å². The number of nitrogens with zero attached hydrogens (tertiary/aromatic N) is 2. The number of ether oxygens (including phenoxy) is 2. The molecule has 8 bridgehead atoms. The van der Waals surface area contributed by atoms with Gasteiger partial charge in [0.1, 0.15) is 11.5 Å². The molecule has 0 spiro atoms. The highest BCUT2D eigenvalue weighted by Gasteiger charge is 2.35. The topological polar surface area (TPSA) is 93.9 Å². The first kappa shape index (κ1) is 25.6. The van der Waals surface area contributed by atoms with Crippen LogP contribution in [0.2, 0.25) is 0 Å². The van der Waals surface area contributed by atoms with E-state index >= 15 is 0 Å². The largest absolute Gasteiger partial charge is 0.494 e. The summed E-state index contributed by atoms with van der Waals surface area (Å²) in [5.74, 6) is 0.481. The second-order valence-electron chi connectivity index (χ2n) is 9.95. The summed E-state index contributed by atoms with van der Waals surface area (Å²) >= 11 is 0. The first-order valence-electron chi connectivity index (χ1n) is 13.3. The van der Waals surface area contributed by atoms with Crippen LogP contribution in [0.4, 0.5) is 4.39 Å². The standard InChI is InChI=1S/C31H28FN3O5/c1-19-30(39-18-34-19)31(37)35-12-10-21-16-24-7-8-25(21)29(35)22-4-2-5-23(17-22)38-13-3-11-33-28(36)15-20-6-9-26(32)27(14-20)40-24/h2,4-9,14,16-18,29H,3,10-13,15H2,1H3,(H,33,36). The number of hydrogen-bond donors (Lipinski definition) is 1. The number of benzene rings is 3. The Balaban J connectivity index is 1.42. The molecule has 1 atom stereocenters. The lowest BCUT2D eigenvalue weighted by Crippen LogP contribution is -2.40. The zero-order valence-electron chi connectivity index (χ0n) is 22.0. The summed E-state index contributed by atoms with van der Waals surface area (Å²) in [6.45, 7) is 3.03. The van der Waals surface area contributed by atoms with Gasteiger partial charge in [0.15, 0.2) is 18.0 Å². The summed E-state index contributed by atoms with van der Waals surface area (Å²) in [5, 5.41) is 2.88. The van der Waals surface area contributed by atoms with Crippen molar-refractivity contribution >= 4 is 11.8 Å². The zero-order valence-corrected chi connectivity index (χ0v) is 22.0. The lowest BCUT2D eigenvalue weighted by Gasteiger charge is -2.37. The van der Waals surface area contributed by atoms with Crippen molar-refractivity contribution in [3.05, 3.63) is 107 Å². The average molecular weight is 542 g/mol. The molecule has 3 aliphatic rings. The minimum atomic E-state index is -0.515. The first-order valence-corrected chi connectivity index (χ1v) is 13.3. The van der Waals surface area contributed by atoms with Crippen LogP contribution in [-0.2, 0) is 17.6 Å². The SMILES string of the molecule is Cc1ncoc1C(=O)N1CCc2cc3ccc2C1c1cccc(c1)OCCCNC(=O)Cc1ccc(F)c(c1)O3. The summed E-state index contributed by atoms with van der Waals surface area (Å²) in [6, 6.07) is 17.3. The molecule has 1 aromatic heterocycles. The summed E-state index contributed by atoms with van der Waals surface area (Å²) in [6.07, 6.45) is 2.57. The molecule has 4 aromatic rings. The van der Waals surface area contributed by atoms with E-state index in [1.165, 1.54) is 12.5 Å². The third-order valence-corrected chi connectivity index (χ3v) is 7.22. The maximum Gasteiger partial charge on any atom is 0.292 e. The second-order valence-corrected chi connectivity index (χ2v) is 9.95. The quantitative estimate of drug-likeness (QED) is 0.359. The zero-order chi connectivity index (χ0) is 27.6. The van der Waals surface area contributed by atoms with Crippen LogP contribution >= 0.6 is 0 Å². The molecule has 8 nitrogen and oxygen atoms in total. The number of rotatable bonds is 1. The Morgan fingerprint density at radius 2 is 2.00 bits per heavy atom. The van der Waals surface area contributed by atoms with Gasteiger partial charge in [-0.3, -0.25) is 9.59 Å². The van der Waals surface area contributed by atoms with E-state index in [-0.39, 0.29) is 29.7 Å². The van der Waals surface area contributed by atoms with Crippen molar-refractivity contribution in [2.45, 2.75) is 32.2 Å².